The zero-order valence-electron chi connectivity index (χ0n) is 27.4. The smallest absolute Gasteiger partial charge is 0.239 e. The van der Waals surface area contributed by atoms with Gasteiger partial charge in [0.2, 0.25) is 6.04 Å². The number of hydrogen-bond donors (Lipinski definition) is 0. The van der Waals surface area contributed by atoms with E-state index in [0.29, 0.717) is 17.9 Å². The van der Waals surface area contributed by atoms with Gasteiger partial charge >= 0.3 is 0 Å². The summed E-state index contributed by atoms with van der Waals surface area (Å²) in [6, 6.07) is -0.509. The van der Waals surface area contributed by atoms with Crippen molar-refractivity contribution in [3.05, 3.63) is 10.1 Å². The van der Waals surface area contributed by atoms with Crippen LogP contribution in [0.5, 0.6) is 0 Å². The first kappa shape index (κ1) is 34.8. The van der Waals surface area contributed by atoms with Crippen molar-refractivity contribution in [1.29, 1.82) is 0 Å². The van der Waals surface area contributed by atoms with Crippen LogP contribution in [0.15, 0.2) is 0 Å². The van der Waals surface area contributed by atoms with Gasteiger partial charge in [0.25, 0.3) is 0 Å². The first-order chi connectivity index (χ1) is 20.0. The lowest BCUT2D eigenvalue weighted by Crippen LogP contribution is -2.44. The molecular weight excluding hydrogens is 510 g/mol. The summed E-state index contributed by atoms with van der Waals surface area (Å²) < 4.78 is 12.6. The Bertz CT molecular complexity index is 670. The van der Waals surface area contributed by atoms with Gasteiger partial charge < -0.3 is 9.47 Å². The Hall–Kier alpha value is -0.680. The second-order valence-electron chi connectivity index (χ2n) is 14.3. The molecule has 0 bridgehead atoms. The lowest BCUT2D eigenvalue weighted by Gasteiger charge is -2.42. The number of nitro groups is 1. The van der Waals surface area contributed by atoms with Gasteiger partial charge in [-0.2, -0.15) is 0 Å². The maximum atomic E-state index is 12.0. The molecule has 0 saturated heterocycles. The molecule has 0 spiro atoms. The molecule has 0 N–H and O–H groups in total. The molecule has 3 rings (SSSR count). The zero-order chi connectivity index (χ0) is 29.3. The van der Waals surface area contributed by atoms with Gasteiger partial charge in [-0.15, -0.1) is 0 Å². The molecule has 3 aliphatic carbocycles. The molecule has 240 valence electrons. The normalized spacial score (nSPS) is 31.6. The van der Waals surface area contributed by atoms with E-state index in [1.54, 1.807) is 0 Å². The van der Waals surface area contributed by atoms with Gasteiger partial charge in [0.05, 0.1) is 12.2 Å². The molecule has 4 atom stereocenters. The third kappa shape index (κ3) is 12.8. The number of nitrogens with zero attached hydrogens (tertiary/aromatic N) is 1. The highest BCUT2D eigenvalue weighted by Crippen LogP contribution is 2.45. The van der Waals surface area contributed by atoms with E-state index in [0.717, 1.165) is 44.1 Å². The number of rotatable bonds is 20. The van der Waals surface area contributed by atoms with Gasteiger partial charge in [0, 0.05) is 18.0 Å². The van der Waals surface area contributed by atoms with Crippen LogP contribution in [0.1, 0.15) is 175 Å². The first-order valence-corrected chi connectivity index (χ1v) is 18.4. The summed E-state index contributed by atoms with van der Waals surface area (Å²) in [6.45, 7) is 7.59. The second kappa shape index (κ2) is 20.3. The molecular formula is C36H67NO4. The van der Waals surface area contributed by atoms with Gasteiger partial charge in [-0.3, -0.25) is 10.1 Å². The molecule has 0 aromatic rings. The quantitative estimate of drug-likeness (QED) is 0.0820. The van der Waals surface area contributed by atoms with Crippen molar-refractivity contribution < 1.29 is 14.4 Å². The van der Waals surface area contributed by atoms with E-state index >= 15 is 0 Å². The van der Waals surface area contributed by atoms with Crippen molar-refractivity contribution in [2.75, 3.05) is 6.61 Å². The Morgan fingerprint density at radius 3 is 1.73 bits per heavy atom. The number of unbranched alkanes of at least 4 members (excludes halogenated alkanes) is 10. The second-order valence-corrected chi connectivity index (χ2v) is 14.3. The summed E-state index contributed by atoms with van der Waals surface area (Å²) in [5.74, 6) is 2.96. The standard InChI is InChI=1S/C36H67NO4/c1-4-6-8-10-11-12-13-15-27-40-34-24-21-31(22-25-34)30-17-19-32(20-18-30)33-23-26-36(35(28-33)37(38)39)41-29(3)16-14-9-7-5-2/h29-36H,4-28H2,1-3H3. The summed E-state index contributed by atoms with van der Waals surface area (Å²) in [5, 5.41) is 12.0. The predicted molar refractivity (Wildman–Crippen MR) is 171 cm³/mol. The van der Waals surface area contributed by atoms with Crippen molar-refractivity contribution in [1.82, 2.24) is 0 Å². The number of ether oxygens (including phenoxy) is 2. The minimum absolute atomic E-state index is 0.0125. The SMILES string of the molecule is CCCCCCCCCCOC1CCC(C2CCC(C3CCC(OC(C)CCCCCC)C([N+](=O)[O-])C3)CC2)CC1. The van der Waals surface area contributed by atoms with Crippen LogP contribution in [-0.2, 0) is 9.47 Å². The summed E-state index contributed by atoms with van der Waals surface area (Å²) in [4.78, 5) is 12.0. The minimum atomic E-state index is -0.509. The van der Waals surface area contributed by atoms with Gasteiger partial charge in [-0.25, -0.2) is 0 Å². The van der Waals surface area contributed by atoms with Crippen LogP contribution in [0.2, 0.25) is 0 Å². The summed E-state index contributed by atoms with van der Waals surface area (Å²) in [5.41, 5.74) is 0. The average Bonchev–Trinajstić information content (AvgIpc) is 2.99. The predicted octanol–water partition coefficient (Wildman–Crippen LogP) is 10.7. The number of hydrogen-bond acceptors (Lipinski definition) is 4. The molecule has 5 heteroatoms. The van der Waals surface area contributed by atoms with E-state index in [1.165, 1.54) is 128 Å². The van der Waals surface area contributed by atoms with Crippen LogP contribution in [-0.4, -0.2) is 35.9 Å². The van der Waals surface area contributed by atoms with Crippen molar-refractivity contribution in [3.63, 3.8) is 0 Å². The van der Waals surface area contributed by atoms with Gasteiger partial charge in [-0.05, 0) is 108 Å². The third-order valence-electron chi connectivity index (χ3n) is 11.2. The van der Waals surface area contributed by atoms with Crippen molar-refractivity contribution in [2.45, 2.75) is 199 Å². The molecule has 0 amide bonds. The maximum absolute atomic E-state index is 12.0. The highest BCUT2D eigenvalue weighted by molar-refractivity contribution is 4.89. The van der Waals surface area contributed by atoms with Gasteiger partial charge in [0.15, 0.2) is 0 Å². The first-order valence-electron chi connectivity index (χ1n) is 18.4. The fourth-order valence-electron chi connectivity index (χ4n) is 8.48. The highest BCUT2D eigenvalue weighted by atomic mass is 16.6. The van der Waals surface area contributed by atoms with Crippen LogP contribution < -0.4 is 0 Å². The van der Waals surface area contributed by atoms with Crippen LogP contribution in [0.25, 0.3) is 0 Å². The molecule has 0 heterocycles. The molecule has 0 radical (unpaired) electrons. The minimum Gasteiger partial charge on any atom is -0.378 e. The Balaban J connectivity index is 1.28. The fraction of sp³-hybridized carbons (Fsp3) is 1.00. The lowest BCUT2D eigenvalue weighted by atomic mass is 9.65. The molecule has 41 heavy (non-hydrogen) atoms. The fourth-order valence-corrected chi connectivity index (χ4v) is 8.48. The molecule has 4 unspecified atom stereocenters. The summed E-state index contributed by atoms with van der Waals surface area (Å²) >= 11 is 0. The maximum Gasteiger partial charge on any atom is 0.239 e. The molecule has 0 aromatic heterocycles. The van der Waals surface area contributed by atoms with Crippen LogP contribution in [0.3, 0.4) is 0 Å². The molecule has 0 aromatic carbocycles. The van der Waals surface area contributed by atoms with Gasteiger partial charge in [-0.1, -0.05) is 84.5 Å². The summed E-state index contributed by atoms with van der Waals surface area (Å²) in [6.07, 6.45) is 30.5. The topological polar surface area (TPSA) is 61.6 Å². The van der Waals surface area contributed by atoms with E-state index in [1.807, 2.05) is 0 Å². The van der Waals surface area contributed by atoms with Crippen molar-refractivity contribution in [3.8, 4) is 0 Å². The van der Waals surface area contributed by atoms with Crippen LogP contribution >= 0.6 is 0 Å². The van der Waals surface area contributed by atoms with E-state index in [-0.39, 0.29) is 17.1 Å². The van der Waals surface area contributed by atoms with Crippen molar-refractivity contribution >= 4 is 0 Å². The Morgan fingerprint density at radius 1 is 0.659 bits per heavy atom. The largest absolute Gasteiger partial charge is 0.378 e. The Kier molecular flexibility index (Phi) is 17.2. The van der Waals surface area contributed by atoms with E-state index in [4.69, 9.17) is 9.47 Å². The van der Waals surface area contributed by atoms with E-state index in [2.05, 4.69) is 20.8 Å². The van der Waals surface area contributed by atoms with Crippen LogP contribution in [0.4, 0.5) is 0 Å². The molecule has 3 aliphatic rings. The molecule has 5 nitrogen and oxygen atoms in total. The van der Waals surface area contributed by atoms with E-state index in [9.17, 15) is 10.1 Å². The lowest BCUT2D eigenvalue weighted by molar-refractivity contribution is -0.542. The summed E-state index contributed by atoms with van der Waals surface area (Å²) in [7, 11) is 0. The third-order valence-corrected chi connectivity index (χ3v) is 11.2. The van der Waals surface area contributed by atoms with Crippen molar-refractivity contribution in [2.24, 2.45) is 23.7 Å². The van der Waals surface area contributed by atoms with E-state index < -0.39 is 6.04 Å². The Morgan fingerprint density at radius 2 is 1.15 bits per heavy atom. The average molecular weight is 578 g/mol. The molecule has 3 saturated carbocycles. The zero-order valence-corrected chi connectivity index (χ0v) is 27.4. The van der Waals surface area contributed by atoms with Gasteiger partial charge in [0.1, 0.15) is 6.10 Å². The molecule has 3 fully saturated rings. The van der Waals surface area contributed by atoms with Crippen LogP contribution in [0, 0.1) is 33.8 Å². The monoisotopic (exact) mass is 578 g/mol. The Labute approximate surface area is 253 Å². The molecule has 0 aliphatic heterocycles. The highest BCUT2D eigenvalue weighted by Gasteiger charge is 2.43.